The molecule has 1 aromatic carbocycles. The Hall–Kier alpha value is -4.55. The topological polar surface area (TPSA) is 132 Å². The van der Waals surface area contributed by atoms with E-state index in [2.05, 4.69) is 25.7 Å². The van der Waals surface area contributed by atoms with Crippen LogP contribution in [0.1, 0.15) is 23.3 Å². The average molecular weight is 574 g/mol. The van der Waals surface area contributed by atoms with E-state index in [1.165, 1.54) is 0 Å². The van der Waals surface area contributed by atoms with Crippen LogP contribution in [0.3, 0.4) is 0 Å². The predicted octanol–water partition coefficient (Wildman–Crippen LogP) is 2.73. The number of halogens is 1. The SMILES string of the molecule is CNC(=O)CN(C)C1CC(NC(=O)c2nn(-c3cc(Cl)ccc3OC)c3cc(-c4cnn5cccnc45)ncc23)C1. The van der Waals surface area contributed by atoms with Crippen molar-refractivity contribution in [1.29, 1.82) is 0 Å². The smallest absolute Gasteiger partial charge is 0.272 e. The molecule has 0 aliphatic heterocycles. The van der Waals surface area contributed by atoms with Crippen molar-refractivity contribution in [2.24, 2.45) is 0 Å². The Bertz CT molecular complexity index is 1780. The van der Waals surface area contributed by atoms with Crippen molar-refractivity contribution in [2.45, 2.75) is 24.9 Å². The number of carbonyl (C=O) groups excluding carboxylic acids is 2. The number of carbonyl (C=O) groups is 2. The number of likely N-dealkylation sites (N-methyl/N-ethyl adjacent to an activating group) is 2. The molecular weight excluding hydrogens is 546 g/mol. The fourth-order valence-electron chi connectivity index (χ4n) is 5.10. The van der Waals surface area contributed by atoms with Gasteiger partial charge < -0.3 is 15.4 Å². The third kappa shape index (κ3) is 4.96. The van der Waals surface area contributed by atoms with Gasteiger partial charge in [-0.2, -0.15) is 10.2 Å². The summed E-state index contributed by atoms with van der Waals surface area (Å²) in [7, 11) is 5.10. The van der Waals surface area contributed by atoms with Gasteiger partial charge in [-0.25, -0.2) is 14.2 Å². The van der Waals surface area contributed by atoms with E-state index in [1.54, 1.807) is 66.2 Å². The number of hydrogen-bond donors (Lipinski definition) is 2. The zero-order valence-corrected chi connectivity index (χ0v) is 23.5. The molecule has 13 heteroatoms. The molecule has 0 unspecified atom stereocenters. The van der Waals surface area contributed by atoms with Gasteiger partial charge >= 0.3 is 0 Å². The van der Waals surface area contributed by atoms with Gasteiger partial charge in [0.25, 0.3) is 5.91 Å². The second-order valence-electron chi connectivity index (χ2n) is 9.99. The lowest BCUT2D eigenvalue weighted by Crippen LogP contribution is -2.54. The maximum absolute atomic E-state index is 13.5. The zero-order valence-electron chi connectivity index (χ0n) is 22.7. The first-order valence-electron chi connectivity index (χ1n) is 13.1. The summed E-state index contributed by atoms with van der Waals surface area (Å²) in [6, 6.07) is 9.07. The van der Waals surface area contributed by atoms with Crippen molar-refractivity contribution >= 4 is 40.0 Å². The van der Waals surface area contributed by atoms with E-state index in [1.807, 2.05) is 24.2 Å². The Labute approximate surface area is 240 Å². The van der Waals surface area contributed by atoms with Crippen molar-refractivity contribution < 1.29 is 14.3 Å². The highest BCUT2D eigenvalue weighted by Gasteiger charge is 2.34. The molecule has 1 aliphatic rings. The molecule has 1 aliphatic carbocycles. The van der Waals surface area contributed by atoms with Crippen LogP contribution in [0.2, 0.25) is 5.02 Å². The van der Waals surface area contributed by atoms with Crippen LogP contribution in [-0.4, -0.2) is 85.9 Å². The second-order valence-corrected chi connectivity index (χ2v) is 10.4. The standard InChI is InChI=1S/C28H28ClN9O3/c1-30-25(39)15-36(2)18-10-17(11-18)34-28(40)26-20-13-32-21(19-14-33-37-8-4-7-31-27(19)37)12-22(20)38(35-26)23-9-16(29)5-6-24(23)41-3/h4-9,12-14,17-18H,10-11,15H2,1-3H3,(H,30,39)(H,34,40). The van der Waals surface area contributed by atoms with E-state index >= 15 is 0 Å². The summed E-state index contributed by atoms with van der Waals surface area (Å²) in [5.41, 5.74) is 3.49. The number of aromatic nitrogens is 6. The number of rotatable bonds is 8. The Balaban J connectivity index is 1.36. The van der Waals surface area contributed by atoms with Gasteiger partial charge in [0.05, 0.1) is 42.0 Å². The molecule has 2 amide bonds. The van der Waals surface area contributed by atoms with Gasteiger partial charge in [0, 0.05) is 42.7 Å². The summed E-state index contributed by atoms with van der Waals surface area (Å²) >= 11 is 6.36. The van der Waals surface area contributed by atoms with Crippen molar-refractivity contribution in [3.63, 3.8) is 0 Å². The van der Waals surface area contributed by atoms with E-state index < -0.39 is 0 Å². The van der Waals surface area contributed by atoms with E-state index in [0.29, 0.717) is 45.2 Å². The lowest BCUT2D eigenvalue weighted by atomic mass is 9.85. The molecule has 1 fully saturated rings. The Morgan fingerprint density at radius 2 is 2.02 bits per heavy atom. The molecule has 0 saturated heterocycles. The highest BCUT2D eigenvalue weighted by molar-refractivity contribution is 6.30. The molecule has 41 heavy (non-hydrogen) atoms. The van der Waals surface area contributed by atoms with Crippen LogP contribution in [-0.2, 0) is 4.79 Å². The summed E-state index contributed by atoms with van der Waals surface area (Å²) in [5, 5.41) is 15.9. The fourth-order valence-corrected chi connectivity index (χ4v) is 5.27. The van der Waals surface area contributed by atoms with E-state index in [0.717, 1.165) is 18.4 Å². The second kappa shape index (κ2) is 10.8. The monoisotopic (exact) mass is 573 g/mol. The first kappa shape index (κ1) is 26.7. The van der Waals surface area contributed by atoms with Crippen molar-refractivity contribution in [2.75, 3.05) is 27.7 Å². The average Bonchev–Trinajstić information content (AvgIpc) is 3.56. The van der Waals surface area contributed by atoms with Crippen molar-refractivity contribution in [1.82, 2.24) is 44.9 Å². The van der Waals surface area contributed by atoms with Crippen LogP contribution in [0, 0.1) is 0 Å². The van der Waals surface area contributed by atoms with Gasteiger partial charge in [0.15, 0.2) is 11.3 Å². The summed E-state index contributed by atoms with van der Waals surface area (Å²) in [6.07, 6.45) is 8.35. The fraction of sp³-hybridized carbons (Fsp3) is 0.286. The van der Waals surface area contributed by atoms with Gasteiger partial charge in [-0.3, -0.25) is 19.5 Å². The van der Waals surface area contributed by atoms with Gasteiger partial charge in [-0.1, -0.05) is 11.6 Å². The van der Waals surface area contributed by atoms with Crippen molar-refractivity contribution in [3.8, 4) is 22.7 Å². The summed E-state index contributed by atoms with van der Waals surface area (Å²) < 4.78 is 8.93. The molecule has 210 valence electrons. The molecule has 5 aromatic rings. The third-order valence-corrected chi connectivity index (χ3v) is 7.68. The van der Waals surface area contributed by atoms with Crippen LogP contribution in [0.15, 0.2) is 55.1 Å². The molecule has 4 aromatic heterocycles. The Morgan fingerprint density at radius 3 is 2.80 bits per heavy atom. The quantitative estimate of drug-likeness (QED) is 0.290. The number of methoxy groups -OCH3 is 1. The Morgan fingerprint density at radius 1 is 1.20 bits per heavy atom. The molecular formula is C28H28ClN9O3. The molecule has 2 N–H and O–H groups in total. The summed E-state index contributed by atoms with van der Waals surface area (Å²) in [5.74, 6) is 0.197. The summed E-state index contributed by atoms with van der Waals surface area (Å²) in [4.78, 5) is 36.4. The number of ether oxygens (including phenoxy) is 1. The molecule has 6 rings (SSSR count). The number of hydrogen-bond acceptors (Lipinski definition) is 8. The van der Waals surface area contributed by atoms with Gasteiger partial charge in [-0.05, 0) is 50.2 Å². The number of nitrogens with one attached hydrogen (secondary N) is 2. The molecule has 0 spiro atoms. The van der Waals surface area contributed by atoms with E-state index in [4.69, 9.17) is 21.4 Å². The number of fused-ring (bicyclic) bond motifs is 2. The molecule has 1 saturated carbocycles. The van der Waals surface area contributed by atoms with Crippen LogP contribution in [0.25, 0.3) is 33.5 Å². The zero-order chi connectivity index (χ0) is 28.7. The van der Waals surface area contributed by atoms with E-state index in [9.17, 15) is 9.59 Å². The lowest BCUT2D eigenvalue weighted by Gasteiger charge is -2.41. The van der Waals surface area contributed by atoms with Crippen molar-refractivity contribution in [3.05, 3.63) is 65.8 Å². The summed E-state index contributed by atoms with van der Waals surface area (Å²) in [6.45, 7) is 0.314. The molecule has 0 atom stereocenters. The number of benzene rings is 1. The minimum Gasteiger partial charge on any atom is -0.494 e. The molecule has 4 heterocycles. The lowest BCUT2D eigenvalue weighted by molar-refractivity contribution is -0.122. The normalized spacial score (nSPS) is 16.6. The largest absolute Gasteiger partial charge is 0.494 e. The number of amides is 2. The van der Waals surface area contributed by atoms with Crippen LogP contribution < -0.4 is 15.4 Å². The van der Waals surface area contributed by atoms with Gasteiger partial charge in [0.1, 0.15) is 11.4 Å². The maximum Gasteiger partial charge on any atom is 0.272 e. The van der Waals surface area contributed by atoms with Gasteiger partial charge in [-0.15, -0.1) is 0 Å². The third-order valence-electron chi connectivity index (χ3n) is 7.45. The first-order valence-corrected chi connectivity index (χ1v) is 13.5. The Kier molecular flexibility index (Phi) is 7.01. The molecule has 12 nitrogen and oxygen atoms in total. The molecule has 0 radical (unpaired) electrons. The molecule has 0 bridgehead atoms. The van der Waals surface area contributed by atoms with Crippen LogP contribution in [0.4, 0.5) is 0 Å². The maximum atomic E-state index is 13.5. The van der Waals surface area contributed by atoms with E-state index in [-0.39, 0.29) is 29.6 Å². The predicted molar refractivity (Wildman–Crippen MR) is 153 cm³/mol. The highest BCUT2D eigenvalue weighted by Crippen LogP contribution is 2.33. The van der Waals surface area contributed by atoms with Crippen LogP contribution in [0.5, 0.6) is 5.75 Å². The van der Waals surface area contributed by atoms with Crippen LogP contribution >= 0.6 is 11.6 Å². The minimum atomic E-state index is -0.306. The minimum absolute atomic E-state index is 0.0300. The first-order chi connectivity index (χ1) is 19.9. The number of pyridine rings is 1. The van der Waals surface area contributed by atoms with Gasteiger partial charge in [0.2, 0.25) is 5.91 Å². The number of nitrogens with zero attached hydrogens (tertiary/aromatic N) is 7. The highest BCUT2D eigenvalue weighted by atomic mass is 35.5.